The summed E-state index contributed by atoms with van der Waals surface area (Å²) in [6.45, 7) is 0. The third kappa shape index (κ3) is 2.64. The Morgan fingerprint density at radius 1 is 0.528 bits per heavy atom. The number of hydrogen-bond acceptors (Lipinski definition) is 8. The van der Waals surface area contributed by atoms with Crippen molar-refractivity contribution in [1.82, 2.24) is 19.9 Å². The van der Waals surface area contributed by atoms with Crippen LogP contribution in [0.15, 0.2) is 58.5 Å². The van der Waals surface area contributed by atoms with Crippen molar-refractivity contribution in [2.75, 3.05) is 0 Å². The van der Waals surface area contributed by atoms with E-state index in [9.17, 15) is 19.3 Å². The van der Waals surface area contributed by atoms with Crippen LogP contribution in [0.25, 0.3) is 65.7 Å². The summed E-state index contributed by atoms with van der Waals surface area (Å²) in [6, 6.07) is 11.8. The fourth-order valence-electron chi connectivity index (χ4n) is 4.73. The van der Waals surface area contributed by atoms with E-state index in [0.717, 1.165) is 0 Å². The molecule has 2 heterocycles. The molecule has 0 aliphatic heterocycles. The molecule has 0 saturated heterocycles. The Morgan fingerprint density at radius 3 is 1.31 bits per heavy atom. The van der Waals surface area contributed by atoms with E-state index in [1.807, 2.05) is 0 Å². The Labute approximate surface area is 198 Å². The maximum Gasteiger partial charge on any atom is 0.206 e. The van der Waals surface area contributed by atoms with Gasteiger partial charge in [0, 0.05) is 21.5 Å². The molecular formula is C26H8F2N8. The summed E-state index contributed by atoms with van der Waals surface area (Å²) >= 11 is 0. The van der Waals surface area contributed by atoms with Gasteiger partial charge in [-0.15, -0.1) is 0 Å². The Balaban J connectivity index is 1.63. The molecule has 8 nitrogen and oxygen atoms in total. The number of nitriles is 2. The maximum absolute atomic E-state index is 13.9. The highest BCUT2D eigenvalue weighted by Crippen LogP contribution is 2.28. The molecule has 0 fully saturated rings. The summed E-state index contributed by atoms with van der Waals surface area (Å²) in [4.78, 5) is 26.6. The predicted molar refractivity (Wildman–Crippen MR) is 127 cm³/mol. The highest BCUT2D eigenvalue weighted by atomic mass is 19.1. The van der Waals surface area contributed by atoms with Crippen LogP contribution in [0.4, 0.5) is 8.78 Å². The second kappa shape index (κ2) is 7.01. The van der Waals surface area contributed by atoms with Crippen molar-refractivity contribution >= 4 is 65.7 Å². The summed E-state index contributed by atoms with van der Waals surface area (Å²) in [5.41, 5.74) is 3.69. The van der Waals surface area contributed by atoms with Crippen molar-refractivity contribution in [1.29, 1.82) is 10.5 Å². The van der Waals surface area contributed by atoms with E-state index in [-0.39, 0.29) is 10.7 Å². The lowest BCUT2D eigenvalue weighted by Gasteiger charge is -2.02. The van der Waals surface area contributed by atoms with Gasteiger partial charge in [-0.05, 0) is 48.5 Å². The third-order valence-corrected chi connectivity index (χ3v) is 6.21. The molecule has 0 unspecified atom stereocenters. The Bertz CT molecular complexity index is 2150. The SMILES string of the molecule is N#C/N=c1\c2cc(F)ccc2c2nc3cc4nc5/c(=N/C#N)c6cc(F)ccc6c5nc4cc3nc12. The molecular weight excluding hydrogens is 462 g/mol. The summed E-state index contributed by atoms with van der Waals surface area (Å²) in [6.07, 6.45) is 3.52. The molecule has 0 amide bonds. The zero-order valence-corrected chi connectivity index (χ0v) is 18.0. The molecule has 0 saturated carbocycles. The number of hydrogen-bond donors (Lipinski definition) is 0. The van der Waals surface area contributed by atoms with Gasteiger partial charge in [0.2, 0.25) is 12.4 Å². The molecule has 0 radical (unpaired) electrons. The van der Waals surface area contributed by atoms with Gasteiger partial charge in [-0.3, -0.25) is 0 Å². The molecule has 0 spiro atoms. The van der Waals surface area contributed by atoms with Gasteiger partial charge in [0.25, 0.3) is 0 Å². The second-order valence-corrected chi connectivity index (χ2v) is 8.17. The molecule has 5 aromatic carbocycles. The summed E-state index contributed by atoms with van der Waals surface area (Å²) in [7, 11) is 0. The van der Waals surface area contributed by atoms with Crippen LogP contribution in [-0.4, -0.2) is 19.9 Å². The summed E-state index contributed by atoms with van der Waals surface area (Å²) in [5.74, 6) is -0.916. The number of fused-ring (bicyclic) bond motifs is 8. The normalized spacial score (nSPS) is 13.0. The molecule has 10 heteroatoms. The van der Waals surface area contributed by atoms with Crippen molar-refractivity contribution < 1.29 is 8.78 Å². The quantitative estimate of drug-likeness (QED) is 0.243. The van der Waals surface area contributed by atoms with Gasteiger partial charge in [-0.25, -0.2) is 28.7 Å². The second-order valence-electron chi connectivity index (χ2n) is 8.17. The van der Waals surface area contributed by atoms with E-state index < -0.39 is 11.6 Å². The molecule has 166 valence electrons. The monoisotopic (exact) mass is 470 g/mol. The standard InChI is InChI=1S/C26H8F2N8/c27-11-1-3-13-15(5-11)21(31-9-29)25-23(13)33-17-7-20-18(8-19(17)35-25)34-24-14-4-2-12(28)6-16(14)22(32-10-30)26(24)36-20/h1-8H/b31-21+,32-22+. The van der Waals surface area contributed by atoms with E-state index in [1.165, 1.54) is 24.3 Å². The first-order valence-electron chi connectivity index (χ1n) is 10.6. The third-order valence-electron chi connectivity index (χ3n) is 6.21. The lowest BCUT2D eigenvalue weighted by Crippen LogP contribution is -2.02. The lowest BCUT2D eigenvalue weighted by molar-refractivity contribution is 0.629. The maximum atomic E-state index is 13.9. The predicted octanol–water partition coefficient (Wildman–Crippen LogP) is 4.10. The number of benzene rings is 3. The number of rotatable bonds is 0. The fourth-order valence-corrected chi connectivity index (χ4v) is 4.73. The molecule has 0 aliphatic rings. The molecule has 2 aromatic heterocycles. The average molecular weight is 470 g/mol. The first-order valence-corrected chi connectivity index (χ1v) is 10.6. The van der Waals surface area contributed by atoms with Crippen LogP contribution in [0.5, 0.6) is 0 Å². The zero-order valence-electron chi connectivity index (χ0n) is 18.0. The van der Waals surface area contributed by atoms with Crippen molar-refractivity contribution in [3.05, 3.63) is 70.9 Å². The van der Waals surface area contributed by atoms with E-state index in [1.54, 1.807) is 36.7 Å². The summed E-state index contributed by atoms with van der Waals surface area (Å²) < 4.78 is 27.9. The zero-order chi connectivity index (χ0) is 24.6. The smallest absolute Gasteiger partial charge is 0.206 e. The van der Waals surface area contributed by atoms with Gasteiger partial charge in [0.15, 0.2) is 0 Å². The van der Waals surface area contributed by atoms with Crippen LogP contribution in [0.1, 0.15) is 0 Å². The average Bonchev–Trinajstić information content (AvgIpc) is 3.31. The highest BCUT2D eigenvalue weighted by Gasteiger charge is 2.17. The minimum Gasteiger partial charge on any atom is -0.244 e. The number of aromatic nitrogens is 4. The van der Waals surface area contributed by atoms with Crippen molar-refractivity contribution in [2.45, 2.75) is 0 Å². The van der Waals surface area contributed by atoms with Crippen molar-refractivity contribution in [3.8, 4) is 12.4 Å². The Kier molecular flexibility index (Phi) is 3.88. The van der Waals surface area contributed by atoms with Crippen LogP contribution in [0.2, 0.25) is 0 Å². The van der Waals surface area contributed by atoms with Crippen LogP contribution in [-0.2, 0) is 0 Å². The lowest BCUT2D eigenvalue weighted by atomic mass is 10.2. The highest BCUT2D eigenvalue weighted by molar-refractivity contribution is 6.12. The molecule has 0 atom stereocenters. The van der Waals surface area contributed by atoms with Gasteiger partial charge in [0.05, 0.1) is 33.1 Å². The van der Waals surface area contributed by atoms with E-state index >= 15 is 0 Å². The molecule has 36 heavy (non-hydrogen) atoms. The van der Waals surface area contributed by atoms with Gasteiger partial charge >= 0.3 is 0 Å². The fraction of sp³-hybridized carbons (Fsp3) is 0. The van der Waals surface area contributed by atoms with E-state index in [2.05, 4.69) is 9.98 Å². The molecule has 0 N–H and O–H groups in total. The van der Waals surface area contributed by atoms with Crippen LogP contribution < -0.4 is 10.7 Å². The molecule has 0 aliphatic carbocycles. The van der Waals surface area contributed by atoms with E-state index in [4.69, 9.17) is 19.9 Å². The van der Waals surface area contributed by atoms with Crippen molar-refractivity contribution in [3.63, 3.8) is 0 Å². The molecule has 7 aromatic rings. The van der Waals surface area contributed by atoms with Crippen LogP contribution in [0, 0.1) is 34.5 Å². The van der Waals surface area contributed by atoms with Crippen molar-refractivity contribution in [2.24, 2.45) is 9.98 Å². The Morgan fingerprint density at radius 2 is 0.917 bits per heavy atom. The first-order chi connectivity index (χ1) is 17.6. The minimum atomic E-state index is -0.458. The largest absolute Gasteiger partial charge is 0.244 e. The summed E-state index contributed by atoms with van der Waals surface area (Å²) in [5, 5.41) is 21.0. The van der Waals surface area contributed by atoms with Gasteiger partial charge < -0.3 is 0 Å². The number of nitrogens with zero attached hydrogens (tertiary/aromatic N) is 8. The topological polar surface area (TPSA) is 124 Å². The number of halogens is 2. The van der Waals surface area contributed by atoms with Crippen LogP contribution >= 0.6 is 0 Å². The minimum absolute atomic E-state index is 0.254. The molecule has 0 bridgehead atoms. The van der Waals surface area contributed by atoms with Crippen LogP contribution in [0.3, 0.4) is 0 Å². The van der Waals surface area contributed by atoms with Gasteiger partial charge in [0.1, 0.15) is 33.4 Å². The van der Waals surface area contributed by atoms with E-state index in [0.29, 0.717) is 65.7 Å². The van der Waals surface area contributed by atoms with Gasteiger partial charge in [-0.2, -0.15) is 20.5 Å². The first kappa shape index (κ1) is 19.9. The van der Waals surface area contributed by atoms with Gasteiger partial charge in [-0.1, -0.05) is 0 Å². The Hall–Kier alpha value is -5.48. The molecule has 7 rings (SSSR count).